The van der Waals surface area contributed by atoms with Crippen LogP contribution in [0.5, 0.6) is 0 Å². The average Bonchev–Trinajstić information content (AvgIpc) is 2.94. The minimum absolute atomic E-state index is 0.256. The van der Waals surface area contributed by atoms with Crippen molar-refractivity contribution in [1.29, 1.82) is 0 Å². The number of aryl methyl sites for hydroxylation is 1. The van der Waals surface area contributed by atoms with E-state index in [1.807, 2.05) is 6.07 Å². The van der Waals surface area contributed by atoms with Gasteiger partial charge in [-0.05, 0) is 19.8 Å². The normalized spacial score (nSPS) is 25.2. The molecule has 2 nitrogen and oxygen atoms in total. The molecular weight excluding hydrogens is 224 g/mol. The largest absolute Gasteiger partial charge is 0.461 e. The van der Waals surface area contributed by atoms with E-state index in [0.29, 0.717) is 6.10 Å². The molecule has 0 N–H and O–H groups in total. The second-order valence-corrected chi connectivity index (χ2v) is 5.27. The van der Waals surface area contributed by atoms with Crippen LogP contribution >= 0.6 is 0 Å². The van der Waals surface area contributed by atoms with Crippen LogP contribution in [0.2, 0.25) is 0 Å². The summed E-state index contributed by atoms with van der Waals surface area (Å²) in [7, 11) is 0. The van der Waals surface area contributed by atoms with Gasteiger partial charge in [-0.25, -0.2) is 0 Å². The molecule has 92 valence electrons. The molecule has 0 unspecified atom stereocenters. The van der Waals surface area contributed by atoms with Crippen molar-refractivity contribution >= 4 is 0 Å². The van der Waals surface area contributed by atoms with Gasteiger partial charge in [0.2, 0.25) is 0 Å². The summed E-state index contributed by atoms with van der Waals surface area (Å²) in [5.74, 6) is 2.09. The molecule has 0 spiro atoms. The lowest BCUT2D eigenvalue weighted by Crippen LogP contribution is -2.17. The molecule has 1 aromatic heterocycles. The second kappa shape index (κ2) is 3.72. The third-order valence-electron chi connectivity index (χ3n) is 4.15. The molecular formula is C16H16O2. The molecule has 2 bridgehead atoms. The fourth-order valence-electron chi connectivity index (χ4n) is 3.29. The third kappa shape index (κ3) is 1.39. The van der Waals surface area contributed by atoms with Gasteiger partial charge < -0.3 is 9.15 Å². The predicted octanol–water partition coefficient (Wildman–Crippen LogP) is 4.03. The minimum atomic E-state index is 0.256. The lowest BCUT2D eigenvalue weighted by Gasteiger charge is -2.21. The Bertz CT molecular complexity index is 583. The fraction of sp³-hybridized carbons (Fsp3) is 0.375. The second-order valence-electron chi connectivity index (χ2n) is 5.27. The van der Waals surface area contributed by atoms with Gasteiger partial charge in [-0.3, -0.25) is 0 Å². The maximum absolute atomic E-state index is 6.04. The highest BCUT2D eigenvalue weighted by Crippen LogP contribution is 2.47. The number of hydrogen-bond donors (Lipinski definition) is 0. The SMILES string of the molecule is Cc1oc(-c2ccccc2)c2c1C[C@@H]1CC[C@H]2O1. The van der Waals surface area contributed by atoms with Crippen LogP contribution in [-0.2, 0) is 11.2 Å². The molecule has 3 heterocycles. The number of fused-ring (bicyclic) bond motifs is 4. The van der Waals surface area contributed by atoms with Gasteiger partial charge >= 0.3 is 0 Å². The van der Waals surface area contributed by atoms with Gasteiger partial charge in [0.1, 0.15) is 11.5 Å². The number of ether oxygens (including phenoxy) is 1. The average molecular weight is 240 g/mol. The van der Waals surface area contributed by atoms with Crippen molar-refractivity contribution < 1.29 is 9.15 Å². The molecule has 0 aliphatic carbocycles. The zero-order chi connectivity index (χ0) is 12.1. The Morgan fingerprint density at radius 1 is 1.11 bits per heavy atom. The van der Waals surface area contributed by atoms with Gasteiger partial charge in [-0.15, -0.1) is 0 Å². The summed E-state index contributed by atoms with van der Waals surface area (Å²) in [4.78, 5) is 0. The molecule has 2 aliphatic heterocycles. The van der Waals surface area contributed by atoms with Crippen molar-refractivity contribution in [1.82, 2.24) is 0 Å². The molecule has 1 fully saturated rings. The summed E-state index contributed by atoms with van der Waals surface area (Å²) < 4.78 is 12.1. The van der Waals surface area contributed by atoms with Crippen molar-refractivity contribution in [2.24, 2.45) is 0 Å². The Balaban J connectivity index is 1.91. The van der Waals surface area contributed by atoms with Crippen molar-refractivity contribution in [3.8, 4) is 11.3 Å². The van der Waals surface area contributed by atoms with E-state index >= 15 is 0 Å². The number of rotatable bonds is 1. The predicted molar refractivity (Wildman–Crippen MR) is 69.4 cm³/mol. The summed E-state index contributed by atoms with van der Waals surface area (Å²) in [5, 5.41) is 0. The van der Waals surface area contributed by atoms with Gasteiger partial charge in [0.15, 0.2) is 0 Å². The van der Waals surface area contributed by atoms with E-state index in [1.54, 1.807) is 0 Å². The topological polar surface area (TPSA) is 22.4 Å². The Hall–Kier alpha value is -1.54. The summed E-state index contributed by atoms with van der Waals surface area (Å²) >= 11 is 0. The zero-order valence-corrected chi connectivity index (χ0v) is 10.5. The lowest BCUT2D eigenvalue weighted by molar-refractivity contribution is 0.0330. The van der Waals surface area contributed by atoms with Crippen molar-refractivity contribution in [3.05, 3.63) is 47.2 Å². The first-order chi connectivity index (χ1) is 8.83. The first kappa shape index (κ1) is 10.4. The first-order valence-corrected chi connectivity index (χ1v) is 6.66. The molecule has 1 aromatic carbocycles. The van der Waals surface area contributed by atoms with Gasteiger partial charge in [0.05, 0.1) is 12.2 Å². The van der Waals surface area contributed by atoms with Crippen LogP contribution in [0.4, 0.5) is 0 Å². The van der Waals surface area contributed by atoms with Crippen LogP contribution < -0.4 is 0 Å². The van der Waals surface area contributed by atoms with E-state index in [1.165, 1.54) is 17.5 Å². The van der Waals surface area contributed by atoms with Crippen LogP contribution in [0.25, 0.3) is 11.3 Å². The molecule has 18 heavy (non-hydrogen) atoms. The Morgan fingerprint density at radius 2 is 1.94 bits per heavy atom. The van der Waals surface area contributed by atoms with E-state index in [9.17, 15) is 0 Å². The summed E-state index contributed by atoms with van der Waals surface area (Å²) in [5.41, 5.74) is 3.87. The first-order valence-electron chi connectivity index (χ1n) is 6.66. The Labute approximate surface area is 107 Å². The van der Waals surface area contributed by atoms with Crippen molar-refractivity contribution in [2.45, 2.75) is 38.4 Å². The number of furan rings is 1. The van der Waals surface area contributed by atoms with E-state index < -0.39 is 0 Å². The van der Waals surface area contributed by atoms with Crippen molar-refractivity contribution in [3.63, 3.8) is 0 Å². The molecule has 0 radical (unpaired) electrons. The summed E-state index contributed by atoms with van der Waals surface area (Å²) in [6.07, 6.45) is 4.02. The molecule has 1 saturated heterocycles. The maximum Gasteiger partial charge on any atom is 0.140 e. The minimum Gasteiger partial charge on any atom is -0.461 e. The van der Waals surface area contributed by atoms with E-state index in [2.05, 4.69) is 31.2 Å². The quantitative estimate of drug-likeness (QED) is 0.750. The van der Waals surface area contributed by atoms with Crippen LogP contribution in [0.15, 0.2) is 34.7 Å². The third-order valence-corrected chi connectivity index (χ3v) is 4.15. The van der Waals surface area contributed by atoms with Gasteiger partial charge in [-0.2, -0.15) is 0 Å². The number of benzene rings is 1. The maximum atomic E-state index is 6.04. The highest BCUT2D eigenvalue weighted by molar-refractivity contribution is 5.65. The van der Waals surface area contributed by atoms with Gasteiger partial charge in [0, 0.05) is 23.1 Å². The van der Waals surface area contributed by atoms with Crippen LogP contribution in [0.1, 0.15) is 35.8 Å². The van der Waals surface area contributed by atoms with Crippen LogP contribution in [0, 0.1) is 6.92 Å². The molecule has 0 amide bonds. The summed E-state index contributed by atoms with van der Waals surface area (Å²) in [6.45, 7) is 2.08. The monoisotopic (exact) mass is 240 g/mol. The standard InChI is InChI=1S/C16H16O2/c1-10-13-9-12-7-8-14(18-12)15(13)16(17-10)11-5-3-2-4-6-11/h2-6,12,14H,7-9H2,1H3/t12-,14+/m0/s1. The van der Waals surface area contributed by atoms with E-state index in [4.69, 9.17) is 9.15 Å². The lowest BCUT2D eigenvalue weighted by atomic mass is 9.96. The summed E-state index contributed by atoms with van der Waals surface area (Å²) in [6, 6.07) is 10.4. The molecule has 2 aliphatic rings. The Kier molecular flexibility index (Phi) is 2.15. The van der Waals surface area contributed by atoms with Gasteiger partial charge in [0.25, 0.3) is 0 Å². The Morgan fingerprint density at radius 3 is 2.78 bits per heavy atom. The van der Waals surface area contributed by atoms with E-state index in [-0.39, 0.29) is 6.10 Å². The van der Waals surface area contributed by atoms with Crippen LogP contribution in [0.3, 0.4) is 0 Å². The fourth-order valence-corrected chi connectivity index (χ4v) is 3.29. The molecule has 0 saturated carbocycles. The molecule has 4 rings (SSSR count). The molecule has 2 aromatic rings. The van der Waals surface area contributed by atoms with Crippen molar-refractivity contribution in [2.75, 3.05) is 0 Å². The molecule has 2 atom stereocenters. The smallest absolute Gasteiger partial charge is 0.140 e. The highest BCUT2D eigenvalue weighted by Gasteiger charge is 2.38. The van der Waals surface area contributed by atoms with E-state index in [0.717, 1.165) is 29.9 Å². The van der Waals surface area contributed by atoms with Gasteiger partial charge in [-0.1, -0.05) is 30.3 Å². The van der Waals surface area contributed by atoms with Crippen LogP contribution in [-0.4, -0.2) is 6.10 Å². The molecule has 2 heteroatoms. The number of hydrogen-bond acceptors (Lipinski definition) is 2. The zero-order valence-electron chi connectivity index (χ0n) is 10.5. The highest BCUT2D eigenvalue weighted by atomic mass is 16.5.